The zero-order valence-electron chi connectivity index (χ0n) is 11.7. The number of benzene rings is 2. The molecule has 2 aromatic carbocycles. The Balaban J connectivity index is 2.19. The molecule has 0 aliphatic rings. The first-order valence-electron chi connectivity index (χ1n) is 6.37. The third-order valence-electron chi connectivity index (χ3n) is 3.22. The number of hydrogen-bond donors (Lipinski definition) is 1. The molecule has 20 heavy (non-hydrogen) atoms. The molecule has 0 aliphatic heterocycles. The van der Waals surface area contributed by atoms with Gasteiger partial charge in [-0.3, -0.25) is 0 Å². The minimum Gasteiger partial charge on any atom is -0.497 e. The van der Waals surface area contributed by atoms with Gasteiger partial charge in [0.05, 0.1) is 13.2 Å². The third kappa shape index (κ3) is 3.31. The molecule has 0 aliphatic carbocycles. The van der Waals surface area contributed by atoms with Crippen molar-refractivity contribution in [2.24, 2.45) is 0 Å². The summed E-state index contributed by atoms with van der Waals surface area (Å²) in [4.78, 5) is 0. The van der Waals surface area contributed by atoms with Crippen molar-refractivity contribution in [3.8, 4) is 5.75 Å². The predicted octanol–water partition coefficient (Wildman–Crippen LogP) is 5.08. The quantitative estimate of drug-likeness (QED) is 0.840. The van der Waals surface area contributed by atoms with Crippen LogP contribution in [-0.2, 0) is 0 Å². The molecule has 1 atom stereocenters. The fourth-order valence-electron chi connectivity index (χ4n) is 2.05. The first-order valence-corrected chi connectivity index (χ1v) is 7.16. The number of rotatable bonds is 4. The lowest BCUT2D eigenvalue weighted by Crippen LogP contribution is -2.08. The van der Waals surface area contributed by atoms with E-state index in [1.165, 1.54) is 13.2 Å². The molecule has 0 aromatic heterocycles. The highest BCUT2D eigenvalue weighted by atomic mass is 79.9. The normalized spacial score (nSPS) is 12.1. The smallest absolute Gasteiger partial charge is 0.132 e. The maximum atomic E-state index is 14.0. The molecule has 0 heterocycles. The Hall–Kier alpha value is -1.55. The summed E-state index contributed by atoms with van der Waals surface area (Å²) in [6.45, 7) is 3.95. The standard InChI is InChI=1S/C16H17BrFNO/c1-10-8-12(4-7-15(10)17)19-11(2)14-6-5-13(20-3)9-16(14)18/h4-9,11,19H,1-3H3. The van der Waals surface area contributed by atoms with E-state index in [2.05, 4.69) is 21.2 Å². The minimum atomic E-state index is -0.266. The van der Waals surface area contributed by atoms with Crippen LogP contribution in [0.5, 0.6) is 5.75 Å². The molecule has 0 saturated carbocycles. The van der Waals surface area contributed by atoms with E-state index in [-0.39, 0.29) is 11.9 Å². The molecule has 2 aromatic rings. The SMILES string of the molecule is COc1ccc(C(C)Nc2ccc(Br)c(C)c2)c(F)c1. The van der Waals surface area contributed by atoms with Crippen molar-refractivity contribution in [2.45, 2.75) is 19.9 Å². The lowest BCUT2D eigenvalue weighted by molar-refractivity contribution is 0.410. The summed E-state index contributed by atoms with van der Waals surface area (Å²) in [5, 5.41) is 3.30. The topological polar surface area (TPSA) is 21.3 Å². The van der Waals surface area contributed by atoms with Gasteiger partial charge in [-0.05, 0) is 43.7 Å². The highest BCUT2D eigenvalue weighted by molar-refractivity contribution is 9.10. The summed E-state index contributed by atoms with van der Waals surface area (Å²) in [5.74, 6) is 0.260. The molecule has 4 heteroatoms. The van der Waals surface area contributed by atoms with Crippen LogP contribution >= 0.6 is 15.9 Å². The molecule has 106 valence electrons. The van der Waals surface area contributed by atoms with Crippen molar-refractivity contribution >= 4 is 21.6 Å². The molecule has 0 amide bonds. The first-order chi connectivity index (χ1) is 9.51. The Morgan fingerprint density at radius 1 is 1.20 bits per heavy atom. The third-order valence-corrected chi connectivity index (χ3v) is 4.10. The summed E-state index contributed by atoms with van der Waals surface area (Å²) in [5.41, 5.74) is 2.72. The molecule has 2 nitrogen and oxygen atoms in total. The van der Waals surface area contributed by atoms with Crippen LogP contribution < -0.4 is 10.1 Å². The molecule has 0 radical (unpaired) electrons. The maximum Gasteiger partial charge on any atom is 0.132 e. The molecular formula is C16H17BrFNO. The number of ether oxygens (including phenoxy) is 1. The van der Waals surface area contributed by atoms with E-state index in [1.807, 2.05) is 32.0 Å². The summed E-state index contributed by atoms with van der Waals surface area (Å²) >= 11 is 3.47. The van der Waals surface area contributed by atoms with Gasteiger partial charge in [0.25, 0.3) is 0 Å². The highest BCUT2D eigenvalue weighted by Crippen LogP contribution is 2.26. The molecule has 0 saturated heterocycles. The summed E-state index contributed by atoms with van der Waals surface area (Å²) in [7, 11) is 1.53. The molecule has 2 rings (SSSR count). The van der Waals surface area contributed by atoms with Crippen LogP contribution in [0, 0.1) is 12.7 Å². The van der Waals surface area contributed by atoms with Gasteiger partial charge in [0, 0.05) is 21.8 Å². The summed E-state index contributed by atoms with van der Waals surface area (Å²) in [6.07, 6.45) is 0. The first kappa shape index (κ1) is 14.9. The molecular weight excluding hydrogens is 321 g/mol. The van der Waals surface area contributed by atoms with Gasteiger partial charge in [0.1, 0.15) is 11.6 Å². The zero-order chi connectivity index (χ0) is 14.7. The Bertz CT molecular complexity index is 615. The zero-order valence-corrected chi connectivity index (χ0v) is 13.3. The lowest BCUT2D eigenvalue weighted by Gasteiger charge is -2.17. The fraction of sp³-hybridized carbons (Fsp3) is 0.250. The average Bonchev–Trinajstić information content (AvgIpc) is 2.42. The van der Waals surface area contributed by atoms with E-state index in [4.69, 9.17) is 4.74 Å². The van der Waals surface area contributed by atoms with Crippen LogP contribution in [0.1, 0.15) is 24.1 Å². The van der Waals surface area contributed by atoms with Crippen LogP contribution in [0.2, 0.25) is 0 Å². The number of methoxy groups -OCH3 is 1. The van der Waals surface area contributed by atoms with E-state index < -0.39 is 0 Å². The van der Waals surface area contributed by atoms with Crippen LogP contribution in [-0.4, -0.2) is 7.11 Å². The van der Waals surface area contributed by atoms with Crippen molar-refractivity contribution in [3.05, 3.63) is 57.8 Å². The van der Waals surface area contributed by atoms with Gasteiger partial charge in [-0.15, -0.1) is 0 Å². The van der Waals surface area contributed by atoms with Gasteiger partial charge in [-0.25, -0.2) is 4.39 Å². The monoisotopic (exact) mass is 337 g/mol. The Morgan fingerprint density at radius 3 is 2.55 bits per heavy atom. The van der Waals surface area contributed by atoms with Crippen molar-refractivity contribution in [3.63, 3.8) is 0 Å². The fourth-order valence-corrected chi connectivity index (χ4v) is 2.29. The largest absolute Gasteiger partial charge is 0.497 e. The lowest BCUT2D eigenvalue weighted by atomic mass is 10.1. The predicted molar refractivity (Wildman–Crippen MR) is 83.9 cm³/mol. The van der Waals surface area contributed by atoms with Gasteiger partial charge in [0.15, 0.2) is 0 Å². The summed E-state index contributed by atoms with van der Waals surface area (Å²) in [6, 6.07) is 10.8. The average molecular weight is 338 g/mol. The van der Waals surface area contributed by atoms with Crippen molar-refractivity contribution < 1.29 is 9.13 Å². The molecule has 1 unspecified atom stereocenters. The van der Waals surface area contributed by atoms with Gasteiger partial charge in [-0.1, -0.05) is 22.0 Å². The van der Waals surface area contributed by atoms with Crippen molar-refractivity contribution in [2.75, 3.05) is 12.4 Å². The van der Waals surface area contributed by atoms with Gasteiger partial charge >= 0.3 is 0 Å². The van der Waals surface area contributed by atoms with E-state index in [9.17, 15) is 4.39 Å². The van der Waals surface area contributed by atoms with Crippen LogP contribution in [0.25, 0.3) is 0 Å². The van der Waals surface area contributed by atoms with Crippen molar-refractivity contribution in [1.82, 2.24) is 0 Å². The Morgan fingerprint density at radius 2 is 1.95 bits per heavy atom. The number of hydrogen-bond acceptors (Lipinski definition) is 2. The van der Waals surface area contributed by atoms with Crippen LogP contribution in [0.4, 0.5) is 10.1 Å². The Kier molecular flexibility index (Phi) is 4.65. The second-order valence-electron chi connectivity index (χ2n) is 4.72. The van der Waals surface area contributed by atoms with E-state index in [0.29, 0.717) is 11.3 Å². The minimum absolute atomic E-state index is 0.124. The Labute approximate surface area is 127 Å². The van der Waals surface area contributed by atoms with Crippen LogP contribution in [0.3, 0.4) is 0 Å². The van der Waals surface area contributed by atoms with Gasteiger partial charge < -0.3 is 10.1 Å². The second kappa shape index (κ2) is 6.27. The van der Waals surface area contributed by atoms with Gasteiger partial charge in [-0.2, -0.15) is 0 Å². The number of nitrogens with one attached hydrogen (secondary N) is 1. The van der Waals surface area contributed by atoms with E-state index in [1.54, 1.807) is 12.1 Å². The van der Waals surface area contributed by atoms with Crippen LogP contribution in [0.15, 0.2) is 40.9 Å². The number of anilines is 1. The highest BCUT2D eigenvalue weighted by Gasteiger charge is 2.12. The number of aryl methyl sites for hydroxylation is 1. The maximum absolute atomic E-state index is 14.0. The molecule has 1 N–H and O–H groups in total. The van der Waals surface area contributed by atoms with Crippen molar-refractivity contribution in [1.29, 1.82) is 0 Å². The summed E-state index contributed by atoms with van der Waals surface area (Å²) < 4.78 is 20.1. The molecule has 0 spiro atoms. The number of halogens is 2. The van der Waals surface area contributed by atoms with E-state index in [0.717, 1.165) is 15.7 Å². The molecule has 0 bridgehead atoms. The van der Waals surface area contributed by atoms with Gasteiger partial charge in [0.2, 0.25) is 0 Å². The van der Waals surface area contributed by atoms with E-state index >= 15 is 0 Å². The molecule has 0 fully saturated rings. The second-order valence-corrected chi connectivity index (χ2v) is 5.57.